The molecule has 0 atom stereocenters. The second kappa shape index (κ2) is 6.82. The fourth-order valence-electron chi connectivity index (χ4n) is 2.54. The van der Waals surface area contributed by atoms with E-state index >= 15 is 0 Å². The van der Waals surface area contributed by atoms with Crippen LogP contribution in [-0.2, 0) is 13.6 Å². The number of nitrogens with one attached hydrogen (secondary N) is 1. The van der Waals surface area contributed by atoms with Crippen molar-refractivity contribution < 1.29 is 0 Å². The quantitative estimate of drug-likeness (QED) is 0.597. The molecule has 0 spiro atoms. The monoisotopic (exact) mass is 348 g/mol. The number of anilines is 1. The summed E-state index contributed by atoms with van der Waals surface area (Å²) in [6.45, 7) is 0.647. The molecule has 4 aromatic rings. The Labute approximate surface area is 149 Å². The van der Waals surface area contributed by atoms with Crippen LogP contribution in [0, 0.1) is 0 Å². The molecule has 0 aliphatic rings. The Morgan fingerprint density at radius 1 is 1.12 bits per heavy atom. The van der Waals surface area contributed by atoms with Gasteiger partial charge in [0, 0.05) is 44.6 Å². The smallest absolute Gasteiger partial charge is 0.223 e. The summed E-state index contributed by atoms with van der Waals surface area (Å²) in [5.41, 5.74) is 2.94. The summed E-state index contributed by atoms with van der Waals surface area (Å²) in [5.74, 6) is 1.45. The van der Waals surface area contributed by atoms with Gasteiger partial charge < -0.3 is 9.88 Å². The van der Waals surface area contributed by atoms with Crippen molar-refractivity contribution in [1.29, 1.82) is 0 Å². The lowest BCUT2D eigenvalue weighted by atomic mass is 10.2. The van der Waals surface area contributed by atoms with Crippen molar-refractivity contribution in [1.82, 2.24) is 24.5 Å². The van der Waals surface area contributed by atoms with Crippen LogP contribution in [0.5, 0.6) is 0 Å². The van der Waals surface area contributed by atoms with Crippen LogP contribution < -0.4 is 5.32 Å². The number of hydrogen-bond donors (Lipinski definition) is 1. The molecule has 4 aromatic heterocycles. The summed E-state index contributed by atoms with van der Waals surface area (Å²) in [6, 6.07) is 8.02. The van der Waals surface area contributed by atoms with E-state index in [9.17, 15) is 0 Å². The molecule has 0 aliphatic carbocycles. The van der Waals surface area contributed by atoms with E-state index in [0.717, 1.165) is 27.5 Å². The van der Waals surface area contributed by atoms with Crippen LogP contribution in [0.15, 0.2) is 60.6 Å². The average Bonchev–Trinajstić information content (AvgIpc) is 3.32. The largest absolute Gasteiger partial charge is 0.350 e. The van der Waals surface area contributed by atoms with E-state index in [1.165, 1.54) is 0 Å². The van der Waals surface area contributed by atoms with E-state index in [1.807, 2.05) is 47.6 Å². The Morgan fingerprint density at radius 2 is 2.00 bits per heavy atom. The molecule has 1 N–H and O–H groups in total. The minimum absolute atomic E-state index is 0.596. The molecule has 0 amide bonds. The van der Waals surface area contributed by atoms with E-state index in [4.69, 9.17) is 4.98 Å². The molecule has 6 nitrogen and oxygen atoms in total. The molecular weight excluding hydrogens is 332 g/mol. The molecular formula is C18H16N6S. The number of aryl methyl sites for hydroxylation is 1. The van der Waals surface area contributed by atoms with Gasteiger partial charge >= 0.3 is 0 Å². The molecule has 0 aromatic carbocycles. The van der Waals surface area contributed by atoms with Gasteiger partial charge in [-0.2, -0.15) is 0 Å². The predicted octanol–water partition coefficient (Wildman–Crippen LogP) is 3.61. The highest BCUT2D eigenvalue weighted by Crippen LogP contribution is 2.32. The number of rotatable bonds is 5. The summed E-state index contributed by atoms with van der Waals surface area (Å²) >= 11 is 1.65. The van der Waals surface area contributed by atoms with Gasteiger partial charge in [0.1, 0.15) is 5.82 Å². The van der Waals surface area contributed by atoms with E-state index in [0.29, 0.717) is 12.5 Å². The Morgan fingerprint density at radius 3 is 2.72 bits per heavy atom. The van der Waals surface area contributed by atoms with E-state index < -0.39 is 0 Å². The Hall–Kier alpha value is -3.06. The summed E-state index contributed by atoms with van der Waals surface area (Å²) in [6.07, 6.45) is 9.09. The highest BCUT2D eigenvalue weighted by molar-refractivity contribution is 7.13. The molecule has 0 unspecified atom stereocenters. The van der Waals surface area contributed by atoms with Gasteiger partial charge in [0.25, 0.3) is 0 Å². The first kappa shape index (κ1) is 15.5. The zero-order chi connectivity index (χ0) is 17.1. The van der Waals surface area contributed by atoms with E-state index in [1.54, 1.807) is 29.9 Å². The van der Waals surface area contributed by atoms with Crippen molar-refractivity contribution in [3.8, 4) is 22.0 Å². The van der Waals surface area contributed by atoms with Crippen LogP contribution in [0.2, 0.25) is 0 Å². The third-order valence-electron chi connectivity index (χ3n) is 3.81. The van der Waals surface area contributed by atoms with Gasteiger partial charge in [-0.1, -0.05) is 6.07 Å². The van der Waals surface area contributed by atoms with Crippen LogP contribution >= 0.6 is 11.3 Å². The van der Waals surface area contributed by atoms with Crippen LogP contribution in [0.3, 0.4) is 0 Å². The molecule has 25 heavy (non-hydrogen) atoms. The third kappa shape index (κ3) is 3.27. The molecule has 7 heteroatoms. The lowest BCUT2D eigenvalue weighted by Crippen LogP contribution is -2.05. The summed E-state index contributed by atoms with van der Waals surface area (Å²) in [5, 5.41) is 5.32. The van der Waals surface area contributed by atoms with Crippen molar-refractivity contribution in [3.63, 3.8) is 0 Å². The summed E-state index contributed by atoms with van der Waals surface area (Å²) in [4.78, 5) is 18.8. The lowest BCUT2D eigenvalue weighted by Gasteiger charge is -2.10. The first-order valence-electron chi connectivity index (χ1n) is 7.82. The second-order valence-corrected chi connectivity index (χ2v) is 6.45. The highest BCUT2D eigenvalue weighted by Gasteiger charge is 2.15. The first-order valence-corrected chi connectivity index (χ1v) is 8.70. The Bertz CT molecular complexity index is 962. The molecule has 0 saturated heterocycles. The normalized spacial score (nSPS) is 10.8. The van der Waals surface area contributed by atoms with Crippen molar-refractivity contribution in [3.05, 3.63) is 66.2 Å². The van der Waals surface area contributed by atoms with Crippen LogP contribution in [-0.4, -0.2) is 24.5 Å². The van der Waals surface area contributed by atoms with Gasteiger partial charge in [-0.25, -0.2) is 15.0 Å². The molecule has 4 heterocycles. The van der Waals surface area contributed by atoms with Gasteiger partial charge in [-0.15, -0.1) is 11.3 Å². The van der Waals surface area contributed by atoms with Crippen LogP contribution in [0.1, 0.15) is 5.56 Å². The van der Waals surface area contributed by atoms with Gasteiger partial charge in [0.15, 0.2) is 0 Å². The van der Waals surface area contributed by atoms with Crippen molar-refractivity contribution in [2.45, 2.75) is 6.54 Å². The SMILES string of the molecule is Cn1ccnc1-c1cnc(NCc2ccncc2)nc1-c1cccs1. The van der Waals surface area contributed by atoms with E-state index in [-0.39, 0.29) is 0 Å². The Kier molecular flexibility index (Phi) is 4.22. The third-order valence-corrected chi connectivity index (χ3v) is 4.68. The van der Waals surface area contributed by atoms with E-state index in [2.05, 4.69) is 26.3 Å². The molecule has 0 aliphatic heterocycles. The number of imidazole rings is 1. The van der Waals surface area contributed by atoms with Crippen LogP contribution in [0.25, 0.3) is 22.0 Å². The number of hydrogen-bond acceptors (Lipinski definition) is 6. The zero-order valence-electron chi connectivity index (χ0n) is 13.6. The maximum absolute atomic E-state index is 4.75. The van der Waals surface area contributed by atoms with Gasteiger partial charge in [-0.05, 0) is 29.1 Å². The number of thiophene rings is 1. The minimum Gasteiger partial charge on any atom is -0.350 e. The first-order chi connectivity index (χ1) is 12.3. The molecule has 0 fully saturated rings. The molecule has 0 saturated carbocycles. The maximum atomic E-state index is 4.75. The highest BCUT2D eigenvalue weighted by atomic mass is 32.1. The zero-order valence-corrected chi connectivity index (χ0v) is 14.4. The topological polar surface area (TPSA) is 68.5 Å². The maximum Gasteiger partial charge on any atom is 0.223 e. The molecule has 0 bridgehead atoms. The standard InChI is InChI=1S/C18H16N6S/c1-24-9-8-20-17(24)14-12-22-18(21-11-13-4-6-19-7-5-13)23-16(14)15-3-2-10-25-15/h2-10,12H,11H2,1H3,(H,21,22,23). The number of pyridine rings is 1. The molecule has 4 rings (SSSR count). The van der Waals surface area contributed by atoms with Gasteiger partial charge in [-0.3, -0.25) is 4.98 Å². The summed E-state index contributed by atoms with van der Waals surface area (Å²) in [7, 11) is 1.97. The summed E-state index contributed by atoms with van der Waals surface area (Å²) < 4.78 is 1.97. The molecule has 124 valence electrons. The van der Waals surface area contributed by atoms with Gasteiger partial charge in [0.2, 0.25) is 5.95 Å². The van der Waals surface area contributed by atoms with Crippen LogP contribution in [0.4, 0.5) is 5.95 Å². The number of nitrogens with zero attached hydrogens (tertiary/aromatic N) is 5. The fraction of sp³-hybridized carbons (Fsp3) is 0.111. The predicted molar refractivity (Wildman–Crippen MR) is 99.1 cm³/mol. The van der Waals surface area contributed by atoms with Crippen molar-refractivity contribution >= 4 is 17.3 Å². The number of aromatic nitrogens is 5. The average molecular weight is 348 g/mol. The molecule has 0 radical (unpaired) electrons. The minimum atomic E-state index is 0.596. The second-order valence-electron chi connectivity index (χ2n) is 5.50. The van der Waals surface area contributed by atoms with Gasteiger partial charge in [0.05, 0.1) is 16.1 Å². The van der Waals surface area contributed by atoms with Crippen molar-refractivity contribution in [2.24, 2.45) is 7.05 Å². The Balaban J connectivity index is 1.69. The van der Waals surface area contributed by atoms with Crippen molar-refractivity contribution in [2.75, 3.05) is 5.32 Å². The fourth-order valence-corrected chi connectivity index (χ4v) is 3.27. The lowest BCUT2D eigenvalue weighted by molar-refractivity contribution is 0.921.